The second kappa shape index (κ2) is 27.2. The van der Waals surface area contributed by atoms with Gasteiger partial charge in [-0.05, 0) is 53.1 Å². The molecule has 324 valence electrons. The molecule has 0 fully saturated rings. The van der Waals surface area contributed by atoms with E-state index in [0.29, 0.717) is 63.7 Å². The molecule has 0 atom stereocenters. The molecule has 0 unspecified atom stereocenters. The fraction of sp³-hybridized carbons (Fsp3) is 0.143. The number of carboxylic acid groups (broad SMARTS) is 4. The summed E-state index contributed by atoms with van der Waals surface area (Å²) in [5, 5.41) is 47.2. The summed E-state index contributed by atoms with van der Waals surface area (Å²) in [7, 11) is 0. The van der Waals surface area contributed by atoms with E-state index in [1.807, 2.05) is 36.4 Å². The standard InChI is InChI=1S/C16H14O5.C16H12O4.C8H8O3.C8H6O2.CH4.2Na/c17-15(18)9-11-5-7-13(8-6-11)21-10-12-3-1-2-4-14(12)16(19)20;17-15(18)8-10-5-6-14-13(7-10)16(19)12-4-2-1-3-11(12)9-20-14;9-7-3-1-6(2-4-7)5-8(10)11;9-8-7-4-2-1-3-6(7)5-10-8;;;/h1-8H,9-10H2,(H,17,18)(H,19,20);1-7H,8-9H2,(H,17,18);1-4,9H,5H2,(H,10,11);1-4H,5H2;1H4;;/q;;;;;2*+1/p-2. The maximum atomic E-state index is 12.5. The van der Waals surface area contributed by atoms with Gasteiger partial charge in [-0.2, -0.15) is 0 Å². The molecule has 0 saturated carbocycles. The van der Waals surface area contributed by atoms with Crippen LogP contribution in [0.4, 0.5) is 0 Å². The number of hydrogen-bond donors (Lipinski definition) is 3. The number of cyclic esters (lactones) is 1. The summed E-state index contributed by atoms with van der Waals surface area (Å²) < 4.78 is 16.0. The predicted molar refractivity (Wildman–Crippen MR) is 224 cm³/mol. The van der Waals surface area contributed by atoms with Crippen molar-refractivity contribution in [3.05, 3.63) is 195 Å². The Morgan fingerprint density at radius 2 is 1.09 bits per heavy atom. The van der Waals surface area contributed by atoms with E-state index in [9.17, 15) is 39.0 Å². The van der Waals surface area contributed by atoms with Crippen LogP contribution in [0, 0.1) is 0 Å². The number of ether oxygens (including phenoxy) is 3. The largest absolute Gasteiger partial charge is 1.00 e. The number of hydrogen-bond acceptors (Lipinski definition) is 11. The van der Waals surface area contributed by atoms with Crippen LogP contribution in [-0.4, -0.2) is 50.9 Å². The molecule has 65 heavy (non-hydrogen) atoms. The third-order valence-corrected chi connectivity index (χ3v) is 9.08. The van der Waals surface area contributed by atoms with Gasteiger partial charge in [-0.1, -0.05) is 111 Å². The molecule has 0 amide bonds. The van der Waals surface area contributed by atoms with Gasteiger partial charge < -0.3 is 44.5 Å². The quantitative estimate of drug-likeness (QED) is 0.122. The summed E-state index contributed by atoms with van der Waals surface area (Å²) in [6.45, 7) is 0.920. The van der Waals surface area contributed by atoms with Crippen molar-refractivity contribution in [1.82, 2.24) is 0 Å². The zero-order valence-electron chi connectivity index (χ0n) is 34.9. The van der Waals surface area contributed by atoms with Crippen LogP contribution in [0.25, 0.3) is 0 Å². The zero-order chi connectivity index (χ0) is 44.6. The van der Waals surface area contributed by atoms with Crippen molar-refractivity contribution in [2.45, 2.75) is 46.5 Å². The summed E-state index contributed by atoms with van der Waals surface area (Å²) in [5.41, 5.74) is 6.23. The number of aromatic carboxylic acids is 1. The Labute approximate surface area is 419 Å². The van der Waals surface area contributed by atoms with E-state index in [4.69, 9.17) is 29.5 Å². The first-order valence-electron chi connectivity index (χ1n) is 18.8. The SMILES string of the molecule is C.O=C(O)Cc1ccc(OCc2ccccc2C(=O)O)cc1.O=C(O)Cc1ccc2c(c1)C(=O)c1ccccc1CO2.O=C([O-])Cc1ccc([O-])cc1.O=C1OCc2ccccc21.[Na+].[Na+]. The Kier molecular flexibility index (Phi) is 22.9. The molecule has 2 heterocycles. The van der Waals surface area contributed by atoms with Gasteiger partial charge in [-0.25, -0.2) is 9.59 Å². The third-order valence-electron chi connectivity index (χ3n) is 9.08. The molecule has 6 aromatic carbocycles. The molecule has 0 spiro atoms. The molecule has 16 heteroatoms. The number of ketones is 1. The topological polar surface area (TPSA) is 237 Å². The Morgan fingerprint density at radius 3 is 1.69 bits per heavy atom. The Balaban J connectivity index is 0.000000306. The fourth-order valence-corrected chi connectivity index (χ4v) is 6.07. The maximum absolute atomic E-state index is 12.5. The number of fused-ring (bicyclic) bond motifs is 3. The van der Waals surface area contributed by atoms with Gasteiger partial charge in [0, 0.05) is 34.6 Å². The van der Waals surface area contributed by atoms with E-state index >= 15 is 0 Å². The second-order valence-corrected chi connectivity index (χ2v) is 13.6. The van der Waals surface area contributed by atoms with Gasteiger partial charge >= 0.3 is 83.0 Å². The Bertz CT molecular complexity index is 2570. The number of carbonyl (C=O) groups excluding carboxylic acids is 3. The molecule has 0 aliphatic carbocycles. The van der Waals surface area contributed by atoms with Gasteiger partial charge in [-0.15, -0.1) is 5.75 Å². The molecule has 6 aromatic rings. The minimum Gasteiger partial charge on any atom is -0.872 e. The molecule has 14 nitrogen and oxygen atoms in total. The van der Waals surface area contributed by atoms with Gasteiger partial charge in [0.2, 0.25) is 0 Å². The number of carbonyl (C=O) groups is 6. The monoisotopic (exact) mass is 900 g/mol. The van der Waals surface area contributed by atoms with E-state index in [-0.39, 0.29) is 115 Å². The molecule has 3 N–H and O–H groups in total. The number of carboxylic acids is 4. The van der Waals surface area contributed by atoms with Crippen molar-refractivity contribution in [3.63, 3.8) is 0 Å². The number of benzene rings is 6. The van der Waals surface area contributed by atoms with Crippen molar-refractivity contribution >= 4 is 35.6 Å². The average Bonchev–Trinajstić information content (AvgIpc) is 3.57. The van der Waals surface area contributed by atoms with Crippen molar-refractivity contribution < 1.29 is 128 Å². The predicted octanol–water partition coefficient (Wildman–Crippen LogP) is 0.0817. The molecule has 0 bridgehead atoms. The molecule has 0 saturated heterocycles. The summed E-state index contributed by atoms with van der Waals surface area (Å²) in [6.07, 6.45) is -0.287. The minimum absolute atomic E-state index is 0. The average molecular weight is 901 g/mol. The second-order valence-electron chi connectivity index (χ2n) is 13.6. The number of aliphatic carboxylic acids is 3. The van der Waals surface area contributed by atoms with E-state index < -0.39 is 23.9 Å². The van der Waals surface area contributed by atoms with E-state index in [1.165, 1.54) is 30.3 Å². The number of rotatable bonds is 10. The molecular formula is C49H42Na2O14. The summed E-state index contributed by atoms with van der Waals surface area (Å²) in [4.78, 5) is 65.9. The van der Waals surface area contributed by atoms with Crippen LogP contribution in [0.5, 0.6) is 17.2 Å². The van der Waals surface area contributed by atoms with Crippen LogP contribution < -0.4 is 78.8 Å². The molecule has 0 aromatic heterocycles. The van der Waals surface area contributed by atoms with Crippen molar-refractivity contribution in [2.24, 2.45) is 0 Å². The normalized spacial score (nSPS) is 11.1. The molecule has 8 rings (SSSR count). The summed E-state index contributed by atoms with van der Waals surface area (Å²) >= 11 is 0. The summed E-state index contributed by atoms with van der Waals surface area (Å²) in [5.74, 6) is -3.33. The van der Waals surface area contributed by atoms with Gasteiger partial charge in [-0.3, -0.25) is 14.4 Å². The van der Waals surface area contributed by atoms with E-state index in [1.54, 1.807) is 72.8 Å². The first-order valence-corrected chi connectivity index (χ1v) is 18.8. The van der Waals surface area contributed by atoms with Crippen LogP contribution in [0.1, 0.15) is 77.4 Å². The molecule has 2 aliphatic rings. The van der Waals surface area contributed by atoms with Gasteiger partial charge in [0.05, 0.1) is 29.5 Å². The van der Waals surface area contributed by atoms with Crippen LogP contribution >= 0.6 is 0 Å². The van der Waals surface area contributed by atoms with Crippen LogP contribution in [0.2, 0.25) is 0 Å². The van der Waals surface area contributed by atoms with Crippen LogP contribution in [0.15, 0.2) is 140 Å². The van der Waals surface area contributed by atoms with Gasteiger partial charge in [0.25, 0.3) is 0 Å². The Hall–Kier alpha value is -6.26. The Morgan fingerprint density at radius 1 is 0.585 bits per heavy atom. The van der Waals surface area contributed by atoms with Crippen molar-refractivity contribution in [1.29, 1.82) is 0 Å². The minimum atomic E-state index is -1.14. The molecule has 2 aliphatic heterocycles. The first-order chi connectivity index (χ1) is 29.8. The maximum Gasteiger partial charge on any atom is 1.00 e. The fourth-order valence-electron chi connectivity index (χ4n) is 6.07. The number of esters is 1. The van der Waals surface area contributed by atoms with E-state index in [2.05, 4.69) is 0 Å². The molecule has 0 radical (unpaired) electrons. The molecular weight excluding hydrogens is 859 g/mol. The smallest absolute Gasteiger partial charge is 0.872 e. The third kappa shape index (κ3) is 17.0. The van der Waals surface area contributed by atoms with Crippen molar-refractivity contribution in [3.8, 4) is 17.2 Å². The van der Waals surface area contributed by atoms with Crippen LogP contribution in [0.3, 0.4) is 0 Å². The van der Waals surface area contributed by atoms with Crippen molar-refractivity contribution in [2.75, 3.05) is 0 Å². The first kappa shape index (κ1) is 54.9. The van der Waals surface area contributed by atoms with E-state index in [0.717, 1.165) is 11.1 Å². The van der Waals surface area contributed by atoms with Gasteiger partial charge in [0.1, 0.15) is 31.3 Å². The van der Waals surface area contributed by atoms with Gasteiger partial charge in [0.15, 0.2) is 5.78 Å². The van der Waals surface area contributed by atoms with Crippen LogP contribution in [-0.2, 0) is 58.2 Å². The summed E-state index contributed by atoms with van der Waals surface area (Å²) in [6, 6.07) is 38.6. The zero-order valence-corrected chi connectivity index (χ0v) is 38.9.